The smallest absolute Gasteiger partial charge is 0.359 e. The first kappa shape index (κ1) is 21.6. The van der Waals surface area contributed by atoms with Gasteiger partial charge in [0.25, 0.3) is 0 Å². The van der Waals surface area contributed by atoms with Gasteiger partial charge >= 0.3 is 7.60 Å². The second-order valence-corrected chi connectivity index (χ2v) is 9.50. The molecule has 0 aliphatic carbocycles. The molecule has 1 aliphatic rings. The zero-order chi connectivity index (χ0) is 18.1. The number of hydrogen-bond donors (Lipinski definition) is 3. The largest absolute Gasteiger partial charge is 0.389 e. The molecular weight excluding hydrogens is 386 g/mol. The molecule has 1 saturated heterocycles. The first-order chi connectivity index (χ1) is 10.4. The number of hydrogen-bond acceptors (Lipinski definition) is 5. The maximum absolute atomic E-state index is 12.6. The van der Waals surface area contributed by atoms with Crippen LogP contribution in [0.2, 0.25) is 0 Å². The molecule has 6 nitrogen and oxygen atoms in total. The maximum Gasteiger partial charge on any atom is 0.359 e. The molecule has 6 atom stereocenters. The Kier molecular flexibility index (Phi) is 7.38. The molecule has 0 aromatic heterocycles. The van der Waals surface area contributed by atoms with Gasteiger partial charge in [-0.25, -0.2) is 0 Å². The molecule has 3 N–H and O–H groups in total. The Morgan fingerprint density at radius 1 is 1.30 bits per heavy atom. The molecule has 2 unspecified atom stereocenters. The summed E-state index contributed by atoms with van der Waals surface area (Å²) in [6.45, 7) is 6.75. The van der Waals surface area contributed by atoms with Crippen LogP contribution in [0, 0.1) is 0 Å². The molecule has 0 spiro atoms. The van der Waals surface area contributed by atoms with Gasteiger partial charge in [0.2, 0.25) is 0 Å². The van der Waals surface area contributed by atoms with E-state index in [-0.39, 0.29) is 19.3 Å². The van der Waals surface area contributed by atoms with E-state index in [1.807, 2.05) is 6.92 Å². The molecule has 23 heavy (non-hydrogen) atoms. The van der Waals surface area contributed by atoms with Crippen molar-refractivity contribution in [2.75, 3.05) is 0 Å². The van der Waals surface area contributed by atoms with Gasteiger partial charge in [-0.1, -0.05) is 36.7 Å². The van der Waals surface area contributed by atoms with Crippen LogP contribution < -0.4 is 0 Å². The first-order valence-electron chi connectivity index (χ1n) is 7.94. The summed E-state index contributed by atoms with van der Waals surface area (Å²) in [7, 11) is 1.46. The number of ether oxygens (including phenoxy) is 1. The summed E-state index contributed by atoms with van der Waals surface area (Å²) in [5.74, 6) is 0. The quantitative estimate of drug-likeness (QED) is 0.321. The molecule has 0 aromatic carbocycles. The molecule has 0 aromatic rings. The summed E-state index contributed by atoms with van der Waals surface area (Å²) in [4.78, 5) is 9.89. The van der Waals surface area contributed by atoms with Crippen LogP contribution in [0.5, 0.6) is 0 Å². The van der Waals surface area contributed by atoms with Crippen molar-refractivity contribution in [3.8, 4) is 0 Å². The van der Waals surface area contributed by atoms with E-state index in [4.69, 9.17) is 17.1 Å². The molecule has 9 heteroatoms. The Bertz CT molecular complexity index is 449. The fourth-order valence-electron chi connectivity index (χ4n) is 2.63. The highest BCUT2D eigenvalue weighted by molar-refractivity contribution is 9.09. The minimum absolute atomic E-state index is 0.105. The summed E-state index contributed by atoms with van der Waals surface area (Å²) in [6.07, 6.45) is -0.642. The number of rotatable bonds is 8. The fourth-order valence-corrected chi connectivity index (χ4v) is 4.87. The van der Waals surface area contributed by atoms with Crippen molar-refractivity contribution in [3.05, 3.63) is 0 Å². The summed E-state index contributed by atoms with van der Waals surface area (Å²) in [5, 5.41) is 18.7. The average Bonchev–Trinajstić information content (AvgIpc) is 2.72. The lowest BCUT2D eigenvalue weighted by Gasteiger charge is -2.38. The second-order valence-electron chi connectivity index (χ2n) is 6.38. The molecule has 0 bridgehead atoms. The van der Waals surface area contributed by atoms with Crippen LogP contribution in [0.25, 0.3) is 0 Å². The molecule has 2 radical (unpaired) electrons. The Morgan fingerprint density at radius 3 is 2.17 bits per heavy atom. The van der Waals surface area contributed by atoms with Crippen LogP contribution in [0.1, 0.15) is 53.4 Å². The monoisotopic (exact) mass is 412 g/mol. The Morgan fingerprint density at radius 2 is 1.83 bits per heavy atom. The van der Waals surface area contributed by atoms with Gasteiger partial charge in [-0.3, -0.25) is 4.57 Å². The van der Waals surface area contributed by atoms with Gasteiger partial charge in [-0.15, -0.1) is 0 Å². The molecule has 0 saturated carbocycles. The van der Waals surface area contributed by atoms with E-state index in [1.54, 1.807) is 20.8 Å². The highest BCUT2D eigenvalue weighted by atomic mass is 79.9. The van der Waals surface area contributed by atoms with Crippen molar-refractivity contribution in [1.29, 1.82) is 0 Å². The normalized spacial score (nSPS) is 34.1. The van der Waals surface area contributed by atoms with Gasteiger partial charge < -0.3 is 24.4 Å². The summed E-state index contributed by atoms with van der Waals surface area (Å²) in [6, 6.07) is -0.653. The SMILES string of the molecule is [B][C@@H]1O[C@H](CC(C)(CC)OP(=O)(O)C(O)(CC)CC)[C@@H](O)[C@H]1Br. The van der Waals surface area contributed by atoms with Gasteiger partial charge in [-0.2, -0.15) is 0 Å². The van der Waals surface area contributed by atoms with Crippen LogP contribution in [0.15, 0.2) is 0 Å². The highest BCUT2D eigenvalue weighted by Crippen LogP contribution is 2.60. The van der Waals surface area contributed by atoms with Crippen molar-refractivity contribution >= 4 is 31.4 Å². The van der Waals surface area contributed by atoms with E-state index in [0.717, 1.165) is 0 Å². The number of alkyl halides is 1. The third-order valence-corrected chi connectivity index (χ3v) is 8.17. The molecular formula is C14H27BBrO6P. The van der Waals surface area contributed by atoms with Crippen molar-refractivity contribution in [2.24, 2.45) is 0 Å². The van der Waals surface area contributed by atoms with Crippen molar-refractivity contribution in [3.63, 3.8) is 0 Å². The molecule has 0 amide bonds. The first-order valence-corrected chi connectivity index (χ1v) is 10.4. The molecule has 1 aliphatic heterocycles. The zero-order valence-electron chi connectivity index (χ0n) is 14.1. The fraction of sp³-hybridized carbons (Fsp3) is 1.00. The second kappa shape index (κ2) is 7.86. The van der Waals surface area contributed by atoms with Crippen LogP contribution >= 0.6 is 23.5 Å². The maximum atomic E-state index is 12.6. The molecule has 1 rings (SSSR count). The third-order valence-electron chi connectivity index (χ3n) is 4.74. The van der Waals surface area contributed by atoms with Gasteiger partial charge in [0, 0.05) is 12.4 Å². The van der Waals surface area contributed by atoms with Gasteiger partial charge in [-0.05, 0) is 26.2 Å². The third kappa shape index (κ3) is 4.60. The van der Waals surface area contributed by atoms with E-state index in [9.17, 15) is 19.7 Å². The molecule has 134 valence electrons. The van der Waals surface area contributed by atoms with Gasteiger partial charge in [0.1, 0.15) is 7.85 Å². The Balaban J connectivity index is 2.92. The predicted molar refractivity (Wildman–Crippen MR) is 92.9 cm³/mol. The summed E-state index contributed by atoms with van der Waals surface area (Å²) >= 11 is 3.27. The van der Waals surface area contributed by atoms with Crippen molar-refractivity contribution in [1.82, 2.24) is 0 Å². The zero-order valence-corrected chi connectivity index (χ0v) is 16.6. The standard InChI is InChI=1S/C14H27BBrO6P/c1-5-13(4,8-9-11(17)10(16)12(15)21-9)22-23(19,20)14(18,6-2)7-3/h9-12,17-18H,5-8H2,1-4H3,(H,19,20)/t9-,10-,11-,12-,13?/m1/s1. The van der Waals surface area contributed by atoms with E-state index in [1.165, 1.54) is 0 Å². The van der Waals surface area contributed by atoms with Gasteiger partial charge in [0.05, 0.1) is 22.6 Å². The minimum Gasteiger partial charge on any atom is -0.389 e. The lowest BCUT2D eigenvalue weighted by Crippen LogP contribution is -2.40. The summed E-state index contributed by atoms with van der Waals surface area (Å²) in [5.41, 5.74) is -1.04. The average molecular weight is 413 g/mol. The number of aliphatic hydroxyl groups excluding tert-OH is 1. The lowest BCUT2D eigenvalue weighted by atomic mass is 9.91. The Hall–Kier alpha value is 0.575. The van der Waals surface area contributed by atoms with Crippen molar-refractivity contribution in [2.45, 2.75) is 87.4 Å². The van der Waals surface area contributed by atoms with Crippen LogP contribution in [0.3, 0.4) is 0 Å². The Labute approximate surface area is 148 Å². The number of halogens is 1. The minimum atomic E-state index is -4.28. The van der Waals surface area contributed by atoms with Gasteiger partial charge in [0.15, 0.2) is 5.34 Å². The highest BCUT2D eigenvalue weighted by Gasteiger charge is 2.50. The lowest BCUT2D eigenvalue weighted by molar-refractivity contribution is -0.0441. The van der Waals surface area contributed by atoms with E-state index in [2.05, 4.69) is 15.9 Å². The topological polar surface area (TPSA) is 96.2 Å². The predicted octanol–water partition coefficient (Wildman–Crippen LogP) is 2.27. The van der Waals surface area contributed by atoms with E-state index < -0.39 is 41.6 Å². The van der Waals surface area contributed by atoms with E-state index >= 15 is 0 Å². The summed E-state index contributed by atoms with van der Waals surface area (Å²) < 4.78 is 23.6. The molecule has 1 heterocycles. The van der Waals surface area contributed by atoms with Crippen molar-refractivity contribution < 1.29 is 28.9 Å². The van der Waals surface area contributed by atoms with Crippen LogP contribution in [0.4, 0.5) is 0 Å². The van der Waals surface area contributed by atoms with E-state index in [0.29, 0.717) is 6.42 Å². The number of aliphatic hydroxyl groups is 2. The van der Waals surface area contributed by atoms with Crippen LogP contribution in [-0.4, -0.2) is 56.9 Å². The molecule has 1 fully saturated rings. The van der Waals surface area contributed by atoms with Crippen LogP contribution in [-0.2, 0) is 13.8 Å².